The second-order valence-electron chi connectivity index (χ2n) is 10.9. The van der Waals surface area contributed by atoms with Crippen molar-refractivity contribution in [1.29, 1.82) is 0 Å². The van der Waals surface area contributed by atoms with Crippen molar-refractivity contribution in [2.45, 2.75) is 38.4 Å². The van der Waals surface area contributed by atoms with Gasteiger partial charge in [-0.25, -0.2) is 9.37 Å². The number of likely N-dealkylation sites (tertiary alicyclic amines) is 1. The Morgan fingerprint density at radius 3 is 2.52 bits per heavy atom. The Morgan fingerprint density at radius 1 is 1.12 bits per heavy atom. The van der Waals surface area contributed by atoms with E-state index in [2.05, 4.69) is 14.8 Å². The van der Waals surface area contributed by atoms with Gasteiger partial charge in [0.1, 0.15) is 18.5 Å². The average molecular weight is 582 g/mol. The van der Waals surface area contributed by atoms with E-state index in [1.165, 1.54) is 11.8 Å². The molecule has 2 fully saturated rings. The van der Waals surface area contributed by atoms with Crippen LogP contribution in [-0.2, 0) is 15.8 Å². The van der Waals surface area contributed by atoms with Crippen LogP contribution in [0.2, 0.25) is 5.02 Å². The Labute approximate surface area is 235 Å². The highest BCUT2D eigenvalue weighted by molar-refractivity contribution is 6.34. The van der Waals surface area contributed by atoms with Crippen molar-refractivity contribution in [2.24, 2.45) is 11.8 Å². The predicted octanol–water partition coefficient (Wildman–Crippen LogP) is 4.95. The predicted molar refractivity (Wildman–Crippen MR) is 146 cm³/mol. The van der Waals surface area contributed by atoms with Gasteiger partial charge in [0, 0.05) is 44.7 Å². The van der Waals surface area contributed by atoms with Gasteiger partial charge in [0.15, 0.2) is 0 Å². The molecule has 0 N–H and O–H groups in total. The molecule has 1 aromatic heterocycles. The third kappa shape index (κ3) is 5.50. The first kappa shape index (κ1) is 28.6. The number of halogens is 5. The smallest absolute Gasteiger partial charge is 0.368 e. The molecule has 3 aliphatic rings. The van der Waals surface area contributed by atoms with Crippen LogP contribution in [-0.4, -0.2) is 74.2 Å². The van der Waals surface area contributed by atoms with Gasteiger partial charge in [-0.05, 0) is 63.0 Å². The second kappa shape index (κ2) is 11.2. The van der Waals surface area contributed by atoms with Crippen LogP contribution in [0.1, 0.15) is 30.5 Å². The lowest BCUT2D eigenvalue weighted by atomic mass is 9.92. The van der Waals surface area contributed by atoms with Crippen LogP contribution in [0.15, 0.2) is 30.3 Å². The molecule has 4 heterocycles. The average Bonchev–Trinajstić information content (AvgIpc) is 3.22. The van der Waals surface area contributed by atoms with Gasteiger partial charge in [-0.1, -0.05) is 17.7 Å². The molecule has 2 amide bonds. The molecule has 2 atom stereocenters. The first-order chi connectivity index (χ1) is 19.0. The van der Waals surface area contributed by atoms with Crippen molar-refractivity contribution >= 4 is 40.6 Å². The molecular weight excluding hydrogens is 550 g/mol. The number of amides is 2. The molecule has 2 aromatic rings. The number of hydrogen-bond donors (Lipinski definition) is 0. The number of aryl methyl sites for hydroxylation is 1. The molecular formula is C28H32ClF4N5O2. The number of piperidine rings is 1. The molecule has 216 valence electrons. The minimum atomic E-state index is -4.63. The molecule has 0 saturated carbocycles. The largest absolute Gasteiger partial charge is 0.416 e. The summed E-state index contributed by atoms with van der Waals surface area (Å²) in [6, 6.07) is 6.03. The molecule has 0 spiro atoms. The van der Waals surface area contributed by atoms with Gasteiger partial charge >= 0.3 is 6.18 Å². The number of fused-ring (bicyclic) bond motifs is 2. The lowest BCUT2D eigenvalue weighted by Gasteiger charge is -2.41. The van der Waals surface area contributed by atoms with Crippen LogP contribution in [0.25, 0.3) is 0 Å². The molecule has 12 heteroatoms. The molecule has 5 rings (SSSR count). The summed E-state index contributed by atoms with van der Waals surface area (Å²) >= 11 is 6.71. The van der Waals surface area contributed by atoms with Crippen molar-refractivity contribution in [3.05, 3.63) is 46.6 Å². The first-order valence-corrected chi connectivity index (χ1v) is 13.8. The highest BCUT2D eigenvalue weighted by Gasteiger charge is 2.49. The Hall–Kier alpha value is -2.92. The highest BCUT2D eigenvalue weighted by atomic mass is 35.5. The van der Waals surface area contributed by atoms with E-state index in [0.29, 0.717) is 41.9 Å². The lowest BCUT2D eigenvalue weighted by molar-refractivity contribution is -0.137. The number of rotatable bonds is 5. The van der Waals surface area contributed by atoms with Crippen LogP contribution < -0.4 is 14.7 Å². The van der Waals surface area contributed by atoms with Crippen LogP contribution in [0.4, 0.5) is 34.8 Å². The van der Waals surface area contributed by atoms with Crippen molar-refractivity contribution in [3.8, 4) is 0 Å². The van der Waals surface area contributed by atoms with Gasteiger partial charge in [0.05, 0.1) is 22.0 Å². The molecule has 40 heavy (non-hydrogen) atoms. The van der Waals surface area contributed by atoms with Crippen molar-refractivity contribution in [1.82, 2.24) is 9.88 Å². The minimum Gasteiger partial charge on any atom is -0.368 e. The number of carbonyl (C=O) groups excluding carboxylic acids is 2. The minimum absolute atomic E-state index is 0.00749. The molecule has 0 bridgehead atoms. The maximum absolute atomic E-state index is 13.9. The van der Waals surface area contributed by atoms with Gasteiger partial charge < -0.3 is 14.7 Å². The highest BCUT2D eigenvalue weighted by Crippen LogP contribution is 2.43. The Kier molecular flexibility index (Phi) is 7.98. The Bertz CT molecular complexity index is 1280. The zero-order valence-electron chi connectivity index (χ0n) is 22.4. The van der Waals surface area contributed by atoms with Crippen LogP contribution in [0.3, 0.4) is 0 Å². The Balaban J connectivity index is 1.51. The summed E-state index contributed by atoms with van der Waals surface area (Å²) in [6.45, 7) is 4.00. The van der Waals surface area contributed by atoms with E-state index in [0.717, 1.165) is 43.0 Å². The van der Waals surface area contributed by atoms with E-state index < -0.39 is 35.5 Å². The van der Waals surface area contributed by atoms with E-state index in [4.69, 9.17) is 11.6 Å². The second-order valence-corrected chi connectivity index (χ2v) is 11.3. The maximum Gasteiger partial charge on any atom is 0.416 e. The summed E-state index contributed by atoms with van der Waals surface area (Å²) in [4.78, 5) is 38.4. The van der Waals surface area contributed by atoms with Crippen LogP contribution in [0, 0.1) is 18.8 Å². The van der Waals surface area contributed by atoms with E-state index >= 15 is 0 Å². The quantitative estimate of drug-likeness (QED) is 0.468. The van der Waals surface area contributed by atoms with E-state index in [9.17, 15) is 27.2 Å². The zero-order valence-corrected chi connectivity index (χ0v) is 23.2. The van der Waals surface area contributed by atoms with Gasteiger partial charge in [-0.2, -0.15) is 13.2 Å². The number of para-hydroxylation sites is 1. The topological polar surface area (TPSA) is 60.0 Å². The molecule has 3 aliphatic heterocycles. The van der Waals surface area contributed by atoms with E-state index in [1.54, 1.807) is 25.2 Å². The van der Waals surface area contributed by atoms with Gasteiger partial charge in [-0.3, -0.25) is 14.5 Å². The molecule has 0 aliphatic carbocycles. The number of carbonyl (C=O) groups is 2. The molecule has 1 aromatic carbocycles. The number of aromatic nitrogens is 1. The number of likely N-dealkylation sites (N-methyl/N-ethyl adjacent to an activating group) is 1. The summed E-state index contributed by atoms with van der Waals surface area (Å²) in [7, 11) is 1.60. The summed E-state index contributed by atoms with van der Waals surface area (Å²) in [5, 5.41) is 0.474. The molecule has 0 unspecified atom stereocenters. The zero-order chi connectivity index (χ0) is 28.8. The van der Waals surface area contributed by atoms with Gasteiger partial charge in [0.25, 0.3) is 0 Å². The van der Waals surface area contributed by atoms with Crippen LogP contribution in [0.5, 0.6) is 0 Å². The first-order valence-electron chi connectivity index (χ1n) is 13.4. The van der Waals surface area contributed by atoms with E-state index in [1.807, 2.05) is 0 Å². The van der Waals surface area contributed by atoms with Crippen molar-refractivity contribution in [3.63, 3.8) is 0 Å². The van der Waals surface area contributed by atoms with Gasteiger partial charge in [-0.15, -0.1) is 0 Å². The van der Waals surface area contributed by atoms with Crippen molar-refractivity contribution < 1.29 is 27.2 Å². The number of pyridine rings is 1. The Morgan fingerprint density at radius 2 is 1.85 bits per heavy atom. The fourth-order valence-electron chi connectivity index (χ4n) is 6.25. The summed E-state index contributed by atoms with van der Waals surface area (Å²) in [5.74, 6) is -1.23. The van der Waals surface area contributed by atoms with Crippen molar-refractivity contribution in [2.75, 3.05) is 61.1 Å². The molecule has 7 nitrogen and oxygen atoms in total. The maximum atomic E-state index is 13.9. The summed E-state index contributed by atoms with van der Waals surface area (Å²) < 4.78 is 53.7. The SMILES string of the molecule is Cc1cc(C(F)(F)F)cc(N2C(=O)C[C@@H]3CN(CC4CCN(CCF)CC4)c4c(Cl)cccc4N(C)C(=O)[C@H]32)n1. The number of hydrogen-bond acceptors (Lipinski definition) is 5. The normalized spacial score (nSPS) is 22.8. The monoisotopic (exact) mass is 581 g/mol. The molecule has 0 radical (unpaired) electrons. The number of anilines is 3. The number of nitrogens with zero attached hydrogens (tertiary/aromatic N) is 5. The van der Waals surface area contributed by atoms with Gasteiger partial charge in [0.2, 0.25) is 11.8 Å². The number of alkyl halides is 4. The fourth-order valence-corrected chi connectivity index (χ4v) is 6.54. The molecule has 2 saturated heterocycles. The summed E-state index contributed by atoms with van der Waals surface area (Å²) in [6.07, 6.45) is -2.89. The third-order valence-electron chi connectivity index (χ3n) is 8.21. The summed E-state index contributed by atoms with van der Waals surface area (Å²) in [5.41, 5.74) is 0.447. The number of benzene rings is 1. The van der Waals surface area contributed by atoms with E-state index in [-0.39, 0.29) is 24.6 Å². The fraction of sp³-hybridized carbons (Fsp3) is 0.536. The standard InChI is InChI=1S/C28H32ClF4N5O2/c1-17-12-20(28(31,32)33)14-23(34-17)38-24(39)13-19-16-37(15-18-6-9-36(10-7-18)11-8-30)26-21(29)4-3-5-22(26)35(2)27(40)25(19)38/h3-5,12,14,18-19,25H,6-11,13,15-16H2,1-2H3/t19-,25+/m1/s1. The van der Waals surface area contributed by atoms with Crippen LogP contribution >= 0.6 is 11.6 Å². The lowest BCUT2D eigenvalue weighted by Crippen LogP contribution is -2.53. The third-order valence-corrected chi connectivity index (χ3v) is 8.52.